The third-order valence-electron chi connectivity index (χ3n) is 5.09. The predicted octanol–water partition coefficient (Wildman–Crippen LogP) is 2.49. The number of benzene rings is 1. The molecule has 7 heteroatoms. The summed E-state index contributed by atoms with van der Waals surface area (Å²) in [5.74, 6) is 1.71. The maximum Gasteiger partial charge on any atom is 0.225 e. The van der Waals surface area contributed by atoms with Crippen LogP contribution >= 0.6 is 0 Å². The van der Waals surface area contributed by atoms with Crippen molar-refractivity contribution in [1.29, 1.82) is 0 Å². The highest BCUT2D eigenvalue weighted by Crippen LogP contribution is 2.21. The molecule has 0 unspecified atom stereocenters. The van der Waals surface area contributed by atoms with E-state index in [1.165, 1.54) is 12.0 Å². The van der Waals surface area contributed by atoms with Gasteiger partial charge in [-0.15, -0.1) is 0 Å². The van der Waals surface area contributed by atoms with Crippen LogP contribution in [0.4, 0.5) is 5.95 Å². The topological polar surface area (TPSA) is 68.1 Å². The molecule has 0 radical (unpaired) electrons. The van der Waals surface area contributed by atoms with Crippen LogP contribution in [0.1, 0.15) is 24.0 Å². The van der Waals surface area contributed by atoms with Gasteiger partial charge in [0.25, 0.3) is 0 Å². The summed E-state index contributed by atoms with van der Waals surface area (Å²) in [6.45, 7) is 3.47. The summed E-state index contributed by atoms with van der Waals surface area (Å²) in [6.07, 6.45) is 9.67. The molecular formula is C21H26N6O. The van der Waals surface area contributed by atoms with Crippen molar-refractivity contribution in [3.05, 3.63) is 66.2 Å². The molecule has 28 heavy (non-hydrogen) atoms. The molecule has 1 aliphatic heterocycles. The van der Waals surface area contributed by atoms with Crippen LogP contribution in [0.25, 0.3) is 0 Å². The normalized spacial score (nSPS) is 16.9. The van der Waals surface area contributed by atoms with Gasteiger partial charge in [-0.25, -0.2) is 9.97 Å². The number of hydrogen-bond acceptors (Lipinski definition) is 6. The smallest absolute Gasteiger partial charge is 0.225 e. The van der Waals surface area contributed by atoms with Crippen molar-refractivity contribution in [3.63, 3.8) is 0 Å². The summed E-state index contributed by atoms with van der Waals surface area (Å²) in [7, 11) is 1.71. The first-order valence-electron chi connectivity index (χ1n) is 9.70. The summed E-state index contributed by atoms with van der Waals surface area (Å²) in [4.78, 5) is 11.0. The van der Waals surface area contributed by atoms with Gasteiger partial charge in [-0.2, -0.15) is 5.10 Å². The average Bonchev–Trinajstić information content (AvgIpc) is 3.26. The molecule has 146 valence electrons. The fraction of sp³-hybridized carbons (Fsp3) is 0.381. The largest absolute Gasteiger partial charge is 0.496 e. The Bertz CT molecular complexity index is 868. The van der Waals surface area contributed by atoms with Crippen molar-refractivity contribution in [2.24, 2.45) is 0 Å². The highest BCUT2D eigenvalue weighted by atomic mass is 16.5. The molecule has 1 atom stereocenters. The van der Waals surface area contributed by atoms with E-state index in [9.17, 15) is 0 Å². The molecule has 1 saturated heterocycles. The van der Waals surface area contributed by atoms with Crippen molar-refractivity contribution >= 4 is 5.95 Å². The molecule has 1 aromatic carbocycles. The van der Waals surface area contributed by atoms with Crippen LogP contribution in [-0.2, 0) is 13.1 Å². The lowest BCUT2D eigenvalue weighted by atomic mass is 10.0. The average molecular weight is 378 g/mol. The zero-order valence-electron chi connectivity index (χ0n) is 16.2. The summed E-state index contributed by atoms with van der Waals surface area (Å²) in [6, 6.07) is 10.6. The Morgan fingerprint density at radius 2 is 2.07 bits per heavy atom. The van der Waals surface area contributed by atoms with E-state index in [0.717, 1.165) is 43.3 Å². The van der Waals surface area contributed by atoms with Crippen LogP contribution in [0.15, 0.2) is 55.1 Å². The van der Waals surface area contributed by atoms with Gasteiger partial charge in [-0.3, -0.25) is 4.68 Å². The number of hydrogen-bond donors (Lipinski definition) is 1. The number of methoxy groups -OCH3 is 1. The van der Waals surface area contributed by atoms with Crippen LogP contribution in [0, 0.1) is 0 Å². The minimum absolute atomic E-state index is 0.425. The predicted molar refractivity (Wildman–Crippen MR) is 108 cm³/mol. The number of piperidine rings is 1. The molecule has 1 fully saturated rings. The summed E-state index contributed by atoms with van der Waals surface area (Å²) in [5.41, 5.74) is 2.38. The molecule has 1 N–H and O–H groups in total. The zero-order chi connectivity index (χ0) is 19.2. The molecule has 3 aromatic rings. The van der Waals surface area contributed by atoms with Gasteiger partial charge >= 0.3 is 0 Å². The highest BCUT2D eigenvalue weighted by Gasteiger charge is 2.21. The maximum atomic E-state index is 5.52. The fourth-order valence-corrected chi connectivity index (χ4v) is 3.68. The van der Waals surface area contributed by atoms with E-state index in [0.29, 0.717) is 12.6 Å². The highest BCUT2D eigenvalue weighted by molar-refractivity contribution is 5.37. The molecule has 3 heterocycles. The Balaban J connectivity index is 1.39. The SMILES string of the molecule is COc1ccc(CN[C@@H]2CCCN(c3ncccn3)C2)cc1Cn1cccn1. The molecule has 4 rings (SSSR count). The Morgan fingerprint density at radius 3 is 2.86 bits per heavy atom. The summed E-state index contributed by atoms with van der Waals surface area (Å²) in [5, 5.41) is 8.00. The molecule has 0 saturated carbocycles. The van der Waals surface area contributed by atoms with Crippen LogP contribution in [0.2, 0.25) is 0 Å². The second-order valence-corrected chi connectivity index (χ2v) is 7.06. The lowest BCUT2D eigenvalue weighted by Gasteiger charge is -2.33. The lowest BCUT2D eigenvalue weighted by Crippen LogP contribution is -2.46. The Kier molecular flexibility index (Phi) is 5.82. The summed E-state index contributed by atoms with van der Waals surface area (Å²) >= 11 is 0. The van der Waals surface area contributed by atoms with Crippen LogP contribution in [0.5, 0.6) is 5.75 Å². The first-order chi connectivity index (χ1) is 13.8. The second-order valence-electron chi connectivity index (χ2n) is 7.06. The van der Waals surface area contributed by atoms with E-state index >= 15 is 0 Å². The number of anilines is 1. The molecule has 0 spiro atoms. The summed E-state index contributed by atoms with van der Waals surface area (Å²) < 4.78 is 7.44. The monoisotopic (exact) mass is 378 g/mol. The van der Waals surface area contributed by atoms with Gasteiger partial charge in [0, 0.05) is 56.0 Å². The second kappa shape index (κ2) is 8.84. The van der Waals surface area contributed by atoms with Gasteiger partial charge in [-0.05, 0) is 42.7 Å². The standard InChI is InChI=1S/C21H26N6O/c1-28-20-7-6-17(13-18(20)15-27-12-4-10-25-27)14-24-19-5-2-11-26(16-19)21-22-8-3-9-23-21/h3-4,6-10,12-13,19,24H,2,5,11,14-16H2,1H3/t19-/m1/s1. The van der Waals surface area contributed by atoms with E-state index in [4.69, 9.17) is 4.74 Å². The van der Waals surface area contributed by atoms with Gasteiger partial charge < -0.3 is 15.0 Å². The van der Waals surface area contributed by atoms with Crippen molar-refractivity contribution < 1.29 is 4.74 Å². The minimum atomic E-state index is 0.425. The van der Waals surface area contributed by atoms with E-state index in [-0.39, 0.29) is 0 Å². The maximum absolute atomic E-state index is 5.52. The molecule has 0 bridgehead atoms. The number of rotatable bonds is 7. The minimum Gasteiger partial charge on any atom is -0.496 e. The van der Waals surface area contributed by atoms with Crippen LogP contribution < -0.4 is 15.0 Å². The number of ether oxygens (including phenoxy) is 1. The number of nitrogens with zero attached hydrogens (tertiary/aromatic N) is 5. The number of aromatic nitrogens is 4. The lowest BCUT2D eigenvalue weighted by molar-refractivity contribution is 0.405. The molecule has 0 amide bonds. The Labute approximate surface area is 165 Å². The van der Waals surface area contributed by atoms with Crippen LogP contribution in [0.3, 0.4) is 0 Å². The Hall–Kier alpha value is -2.93. The number of nitrogens with one attached hydrogen (secondary N) is 1. The zero-order valence-corrected chi connectivity index (χ0v) is 16.2. The van der Waals surface area contributed by atoms with Gasteiger partial charge in [0.1, 0.15) is 5.75 Å². The van der Waals surface area contributed by atoms with Crippen molar-refractivity contribution in [3.8, 4) is 5.75 Å². The van der Waals surface area contributed by atoms with Crippen LogP contribution in [-0.4, -0.2) is 46.0 Å². The fourth-order valence-electron chi connectivity index (χ4n) is 3.68. The first kappa shape index (κ1) is 18.4. The third kappa shape index (κ3) is 4.48. The van der Waals surface area contributed by atoms with E-state index in [1.807, 2.05) is 29.1 Å². The molecule has 7 nitrogen and oxygen atoms in total. The van der Waals surface area contributed by atoms with Gasteiger partial charge in [0.2, 0.25) is 5.95 Å². The molecule has 1 aliphatic rings. The van der Waals surface area contributed by atoms with Crippen molar-refractivity contribution in [2.45, 2.75) is 32.0 Å². The molecule has 2 aromatic heterocycles. The van der Waals surface area contributed by atoms with Crippen molar-refractivity contribution in [2.75, 3.05) is 25.1 Å². The molecule has 0 aliphatic carbocycles. The van der Waals surface area contributed by atoms with E-state index in [2.05, 4.69) is 37.4 Å². The van der Waals surface area contributed by atoms with E-state index < -0.39 is 0 Å². The van der Waals surface area contributed by atoms with Crippen molar-refractivity contribution in [1.82, 2.24) is 25.1 Å². The Morgan fingerprint density at radius 1 is 1.18 bits per heavy atom. The quantitative estimate of drug-likeness (QED) is 0.681. The van der Waals surface area contributed by atoms with Gasteiger partial charge in [-0.1, -0.05) is 6.07 Å². The van der Waals surface area contributed by atoms with Gasteiger partial charge in [0.15, 0.2) is 0 Å². The third-order valence-corrected chi connectivity index (χ3v) is 5.09. The van der Waals surface area contributed by atoms with Gasteiger partial charge in [0.05, 0.1) is 13.7 Å². The van der Waals surface area contributed by atoms with E-state index in [1.54, 1.807) is 25.7 Å². The molecular weight excluding hydrogens is 352 g/mol. The first-order valence-corrected chi connectivity index (χ1v) is 9.70.